The molecule has 0 fully saturated rings. The van der Waals surface area contributed by atoms with Crippen LogP contribution in [0.1, 0.15) is 12.5 Å². The van der Waals surface area contributed by atoms with Gasteiger partial charge in [0.2, 0.25) is 5.95 Å². The van der Waals surface area contributed by atoms with Crippen LogP contribution in [0.3, 0.4) is 0 Å². The van der Waals surface area contributed by atoms with Crippen LogP contribution < -0.4 is 10.2 Å². The quantitative estimate of drug-likeness (QED) is 0.426. The van der Waals surface area contributed by atoms with Gasteiger partial charge in [-0.3, -0.25) is 0 Å². The molecule has 1 aromatic heterocycles. The number of rotatable bonds is 4. The summed E-state index contributed by atoms with van der Waals surface area (Å²) in [6.07, 6.45) is 0. The van der Waals surface area contributed by atoms with Gasteiger partial charge in [0, 0.05) is 0 Å². The van der Waals surface area contributed by atoms with Gasteiger partial charge in [-0.2, -0.15) is 5.10 Å². The van der Waals surface area contributed by atoms with Crippen LogP contribution in [0, 0.1) is 0 Å². The number of hydrogen-bond donors (Lipinski definition) is 2. The molecular formula is C20H18N4O. The van der Waals surface area contributed by atoms with Gasteiger partial charge >= 0.3 is 0 Å². The average molecular weight is 330 g/mol. The van der Waals surface area contributed by atoms with Crippen LogP contribution >= 0.6 is 0 Å². The maximum atomic E-state index is 5.27. The van der Waals surface area contributed by atoms with E-state index < -0.39 is 0 Å². The van der Waals surface area contributed by atoms with Crippen LogP contribution in [0.5, 0.6) is 5.75 Å². The molecule has 5 nitrogen and oxygen atoms in total. The van der Waals surface area contributed by atoms with Gasteiger partial charge in [0.25, 0.3) is 0 Å². The number of nitrogens with one attached hydrogen (secondary N) is 2. The monoisotopic (exact) mass is 330 g/mol. The minimum absolute atomic E-state index is 0.631. The standard InChI is InChI=1S/C20H18N4O/c1-13(23-24-20-21-18-5-3-4-6-19(18)22-20)14-7-8-16-12-17(25-2)10-9-15(16)11-14/h3-12H,1-2H3,(H2,21,22,24)/b23-13-. The first kappa shape index (κ1) is 15.2. The highest BCUT2D eigenvalue weighted by molar-refractivity contribution is 6.02. The Kier molecular flexibility index (Phi) is 3.82. The van der Waals surface area contributed by atoms with Crippen LogP contribution in [-0.4, -0.2) is 22.8 Å². The van der Waals surface area contributed by atoms with Crippen molar-refractivity contribution in [3.8, 4) is 5.75 Å². The molecule has 3 aromatic carbocycles. The first-order valence-electron chi connectivity index (χ1n) is 8.06. The first-order chi connectivity index (χ1) is 12.2. The molecule has 0 saturated carbocycles. The molecule has 0 radical (unpaired) electrons. The third-order valence-electron chi connectivity index (χ3n) is 4.18. The van der Waals surface area contributed by atoms with Crippen molar-refractivity contribution in [3.63, 3.8) is 0 Å². The Hall–Kier alpha value is -3.34. The number of fused-ring (bicyclic) bond motifs is 2. The summed E-state index contributed by atoms with van der Waals surface area (Å²) >= 11 is 0. The van der Waals surface area contributed by atoms with E-state index in [2.05, 4.69) is 44.8 Å². The smallest absolute Gasteiger partial charge is 0.222 e. The highest BCUT2D eigenvalue weighted by Crippen LogP contribution is 2.22. The summed E-state index contributed by atoms with van der Waals surface area (Å²) in [5.41, 5.74) is 6.84. The fraction of sp³-hybridized carbons (Fsp3) is 0.100. The maximum Gasteiger partial charge on any atom is 0.222 e. The Morgan fingerprint density at radius 1 is 1.04 bits per heavy atom. The number of aromatic nitrogens is 2. The Bertz CT molecular complexity index is 1050. The number of benzene rings is 3. The van der Waals surface area contributed by atoms with Crippen LogP contribution in [0.4, 0.5) is 5.95 Å². The molecule has 4 rings (SSSR count). The largest absolute Gasteiger partial charge is 0.497 e. The summed E-state index contributed by atoms with van der Waals surface area (Å²) in [6, 6.07) is 20.2. The third-order valence-corrected chi connectivity index (χ3v) is 4.18. The van der Waals surface area contributed by atoms with Gasteiger partial charge < -0.3 is 9.72 Å². The lowest BCUT2D eigenvalue weighted by atomic mass is 10.0. The summed E-state index contributed by atoms with van der Waals surface area (Å²) < 4.78 is 5.27. The van der Waals surface area contributed by atoms with Crippen LogP contribution in [0.15, 0.2) is 65.8 Å². The van der Waals surface area contributed by atoms with E-state index in [1.54, 1.807) is 7.11 Å². The predicted molar refractivity (Wildman–Crippen MR) is 102 cm³/mol. The van der Waals surface area contributed by atoms with E-state index >= 15 is 0 Å². The zero-order valence-corrected chi connectivity index (χ0v) is 14.1. The Morgan fingerprint density at radius 3 is 2.68 bits per heavy atom. The van der Waals surface area contributed by atoms with Crippen molar-refractivity contribution in [1.29, 1.82) is 0 Å². The number of hydrazone groups is 1. The van der Waals surface area contributed by atoms with Gasteiger partial charge in [-0.05, 0) is 53.6 Å². The molecule has 0 aliphatic carbocycles. The number of aromatic amines is 1. The number of ether oxygens (including phenoxy) is 1. The number of anilines is 1. The normalized spacial score (nSPS) is 11.8. The van der Waals surface area contributed by atoms with Crippen LogP contribution in [0.2, 0.25) is 0 Å². The molecule has 0 saturated heterocycles. The van der Waals surface area contributed by atoms with E-state index in [1.165, 1.54) is 0 Å². The maximum absolute atomic E-state index is 5.27. The molecule has 4 aromatic rings. The zero-order valence-electron chi connectivity index (χ0n) is 14.1. The fourth-order valence-corrected chi connectivity index (χ4v) is 2.78. The van der Waals surface area contributed by atoms with E-state index in [9.17, 15) is 0 Å². The summed E-state index contributed by atoms with van der Waals surface area (Å²) in [5.74, 6) is 1.49. The van der Waals surface area contributed by atoms with Crippen molar-refractivity contribution in [1.82, 2.24) is 9.97 Å². The van der Waals surface area contributed by atoms with E-state index in [-0.39, 0.29) is 0 Å². The molecule has 0 amide bonds. The van der Waals surface area contributed by atoms with Gasteiger partial charge in [-0.1, -0.05) is 30.3 Å². The van der Waals surface area contributed by atoms with Crippen molar-refractivity contribution in [3.05, 3.63) is 66.2 Å². The van der Waals surface area contributed by atoms with Crippen molar-refractivity contribution < 1.29 is 4.74 Å². The molecule has 1 heterocycles. The lowest BCUT2D eigenvalue weighted by Crippen LogP contribution is -2.00. The number of para-hydroxylation sites is 2. The summed E-state index contributed by atoms with van der Waals surface area (Å²) in [7, 11) is 1.68. The van der Waals surface area contributed by atoms with Gasteiger partial charge in [0.1, 0.15) is 5.75 Å². The first-order valence-corrected chi connectivity index (χ1v) is 8.06. The number of H-pyrrole nitrogens is 1. The van der Waals surface area contributed by atoms with Crippen molar-refractivity contribution in [2.24, 2.45) is 5.10 Å². The molecule has 0 atom stereocenters. The Labute approximate surface area is 145 Å². The predicted octanol–water partition coefficient (Wildman–Crippen LogP) is 4.56. The summed E-state index contributed by atoms with van der Waals surface area (Å²) in [5, 5.41) is 6.74. The minimum Gasteiger partial charge on any atom is -0.497 e. The molecule has 124 valence electrons. The highest BCUT2D eigenvalue weighted by Gasteiger charge is 2.03. The van der Waals surface area contributed by atoms with Crippen LogP contribution in [0.25, 0.3) is 21.8 Å². The van der Waals surface area contributed by atoms with Crippen molar-refractivity contribution >= 4 is 33.5 Å². The number of hydrogen-bond acceptors (Lipinski definition) is 4. The molecular weight excluding hydrogens is 312 g/mol. The summed E-state index contributed by atoms with van der Waals surface area (Å²) in [6.45, 7) is 1.97. The average Bonchev–Trinajstić information content (AvgIpc) is 3.08. The van der Waals surface area contributed by atoms with E-state index in [1.807, 2.05) is 43.3 Å². The second-order valence-electron chi connectivity index (χ2n) is 5.84. The molecule has 2 N–H and O–H groups in total. The molecule has 5 heteroatoms. The number of imidazole rings is 1. The van der Waals surface area contributed by atoms with Gasteiger partial charge in [0.15, 0.2) is 0 Å². The molecule has 25 heavy (non-hydrogen) atoms. The van der Waals surface area contributed by atoms with Crippen molar-refractivity contribution in [2.75, 3.05) is 12.5 Å². The zero-order chi connectivity index (χ0) is 17.2. The van der Waals surface area contributed by atoms with Crippen LogP contribution in [-0.2, 0) is 0 Å². The van der Waals surface area contributed by atoms with Gasteiger partial charge in [-0.15, -0.1) is 0 Å². The Morgan fingerprint density at radius 2 is 1.84 bits per heavy atom. The molecule has 0 spiro atoms. The topological polar surface area (TPSA) is 62.3 Å². The minimum atomic E-state index is 0.631. The number of methoxy groups -OCH3 is 1. The van der Waals surface area contributed by atoms with E-state index in [0.717, 1.165) is 38.8 Å². The second kappa shape index (κ2) is 6.28. The van der Waals surface area contributed by atoms with E-state index in [4.69, 9.17) is 4.74 Å². The van der Waals surface area contributed by atoms with Gasteiger partial charge in [0.05, 0.1) is 23.9 Å². The van der Waals surface area contributed by atoms with Gasteiger partial charge in [-0.25, -0.2) is 10.4 Å². The molecule has 0 bridgehead atoms. The van der Waals surface area contributed by atoms with E-state index in [0.29, 0.717) is 5.95 Å². The summed E-state index contributed by atoms with van der Waals surface area (Å²) in [4.78, 5) is 7.66. The Balaban J connectivity index is 1.59. The third kappa shape index (κ3) is 3.04. The SMILES string of the molecule is COc1ccc2cc(/C(C)=N\Nc3nc4ccccc4[nH]3)ccc2c1. The highest BCUT2D eigenvalue weighted by atomic mass is 16.5. The second-order valence-corrected chi connectivity index (χ2v) is 5.84. The lowest BCUT2D eigenvalue weighted by molar-refractivity contribution is 0.415. The number of nitrogens with zero attached hydrogens (tertiary/aromatic N) is 2. The van der Waals surface area contributed by atoms with Crippen molar-refractivity contribution in [2.45, 2.75) is 6.92 Å². The molecule has 0 unspecified atom stereocenters. The molecule has 0 aliphatic heterocycles. The lowest BCUT2D eigenvalue weighted by Gasteiger charge is -2.06. The fourth-order valence-electron chi connectivity index (χ4n) is 2.78. The molecule has 0 aliphatic rings.